The van der Waals surface area contributed by atoms with Gasteiger partial charge in [-0.15, -0.1) is 0 Å². The van der Waals surface area contributed by atoms with Crippen molar-refractivity contribution in [3.8, 4) is 0 Å². The summed E-state index contributed by atoms with van der Waals surface area (Å²) in [6.07, 6.45) is 3.78. The van der Waals surface area contributed by atoms with Crippen molar-refractivity contribution in [2.45, 2.75) is 40.4 Å². The summed E-state index contributed by atoms with van der Waals surface area (Å²) in [5.74, 6) is 0.500. The Kier molecular flexibility index (Phi) is 5.17. The third-order valence-electron chi connectivity index (χ3n) is 3.78. The number of hydrogen-bond donors (Lipinski definition) is 0. The first-order valence-corrected chi connectivity index (χ1v) is 8.00. The normalized spacial score (nSPS) is 13.1. The lowest BCUT2D eigenvalue weighted by atomic mass is 9.96. The molecule has 0 radical (unpaired) electrons. The Morgan fingerprint density at radius 2 is 2.05 bits per heavy atom. The van der Waals surface area contributed by atoms with Gasteiger partial charge in [0.05, 0.1) is 22.5 Å². The van der Waals surface area contributed by atoms with Crippen molar-refractivity contribution >= 4 is 15.9 Å². The molecule has 5 heteroatoms. The van der Waals surface area contributed by atoms with Crippen LogP contribution in [0.25, 0.3) is 0 Å². The number of rotatable bonds is 5. The maximum atomic E-state index is 4.60. The molecule has 0 aliphatic carbocycles. The average Bonchev–Trinajstić information content (AvgIpc) is 2.67. The summed E-state index contributed by atoms with van der Waals surface area (Å²) in [4.78, 5) is 6.58. The highest BCUT2D eigenvalue weighted by Crippen LogP contribution is 2.28. The molecule has 0 fully saturated rings. The molecular weight excluding hydrogens is 328 g/mol. The lowest BCUT2D eigenvalue weighted by molar-refractivity contribution is 0.143. The van der Waals surface area contributed by atoms with E-state index in [-0.39, 0.29) is 0 Å². The van der Waals surface area contributed by atoms with Crippen molar-refractivity contribution < 1.29 is 0 Å². The summed E-state index contributed by atoms with van der Waals surface area (Å²) in [7, 11) is 2.14. The number of pyridine rings is 1. The number of nitrogens with zero attached hydrogens (tertiary/aromatic N) is 4. The molecule has 0 bridgehead atoms. The topological polar surface area (TPSA) is 34.0 Å². The Hall–Kier alpha value is -1.20. The van der Waals surface area contributed by atoms with E-state index in [0.29, 0.717) is 12.0 Å². The van der Waals surface area contributed by atoms with Crippen LogP contribution in [0.2, 0.25) is 0 Å². The molecule has 0 N–H and O–H groups in total. The van der Waals surface area contributed by atoms with Gasteiger partial charge >= 0.3 is 0 Å². The first-order valence-electron chi connectivity index (χ1n) is 7.21. The number of aromatic nitrogens is 3. The van der Waals surface area contributed by atoms with Crippen molar-refractivity contribution in [1.29, 1.82) is 0 Å². The molecule has 2 heterocycles. The van der Waals surface area contributed by atoms with E-state index in [1.807, 2.05) is 30.1 Å². The van der Waals surface area contributed by atoms with Crippen LogP contribution in [0.5, 0.6) is 0 Å². The predicted molar refractivity (Wildman–Crippen MR) is 89.0 cm³/mol. The van der Waals surface area contributed by atoms with Gasteiger partial charge in [0.2, 0.25) is 0 Å². The van der Waals surface area contributed by atoms with Crippen molar-refractivity contribution in [2.75, 3.05) is 7.05 Å². The molecule has 2 aromatic heterocycles. The fourth-order valence-corrected chi connectivity index (χ4v) is 3.10. The van der Waals surface area contributed by atoms with E-state index in [1.165, 1.54) is 5.56 Å². The van der Waals surface area contributed by atoms with E-state index >= 15 is 0 Å². The van der Waals surface area contributed by atoms with Crippen LogP contribution >= 0.6 is 15.9 Å². The minimum absolute atomic E-state index is 0.321. The van der Waals surface area contributed by atoms with Crippen LogP contribution in [0, 0.1) is 19.8 Å². The monoisotopic (exact) mass is 350 g/mol. The molecule has 0 saturated heterocycles. The quantitative estimate of drug-likeness (QED) is 0.818. The zero-order valence-corrected chi connectivity index (χ0v) is 14.9. The second-order valence-electron chi connectivity index (χ2n) is 5.86. The lowest BCUT2D eigenvalue weighted by Crippen LogP contribution is -2.31. The molecule has 1 atom stereocenters. The highest BCUT2D eigenvalue weighted by atomic mass is 79.9. The Labute approximate surface area is 135 Å². The van der Waals surface area contributed by atoms with Gasteiger partial charge in [0.1, 0.15) is 0 Å². The zero-order chi connectivity index (χ0) is 15.6. The smallest absolute Gasteiger partial charge is 0.0935 e. The van der Waals surface area contributed by atoms with Gasteiger partial charge in [-0.25, -0.2) is 0 Å². The molecule has 2 rings (SSSR count). The summed E-state index contributed by atoms with van der Waals surface area (Å²) in [6.45, 7) is 9.35. The molecular formula is C16H23BrN4. The van der Waals surface area contributed by atoms with E-state index < -0.39 is 0 Å². The second kappa shape index (κ2) is 6.71. The van der Waals surface area contributed by atoms with Crippen LogP contribution in [-0.4, -0.2) is 26.7 Å². The van der Waals surface area contributed by atoms with Gasteiger partial charge in [-0.2, -0.15) is 5.10 Å². The third-order valence-corrected chi connectivity index (χ3v) is 4.93. The van der Waals surface area contributed by atoms with Crippen LogP contribution in [0.3, 0.4) is 0 Å². The van der Waals surface area contributed by atoms with Crippen LogP contribution in [-0.2, 0) is 6.67 Å². The van der Waals surface area contributed by atoms with Crippen molar-refractivity contribution in [1.82, 2.24) is 19.7 Å². The van der Waals surface area contributed by atoms with Gasteiger partial charge < -0.3 is 0 Å². The van der Waals surface area contributed by atoms with Crippen molar-refractivity contribution in [3.05, 3.63) is 46.0 Å². The highest BCUT2D eigenvalue weighted by Gasteiger charge is 2.22. The van der Waals surface area contributed by atoms with Crippen molar-refractivity contribution in [3.63, 3.8) is 0 Å². The van der Waals surface area contributed by atoms with E-state index in [9.17, 15) is 0 Å². The fourth-order valence-electron chi connectivity index (χ4n) is 2.81. The lowest BCUT2D eigenvalue weighted by Gasteiger charge is -2.31. The molecule has 4 nitrogen and oxygen atoms in total. The van der Waals surface area contributed by atoms with Gasteiger partial charge in [-0.05, 0) is 54.4 Å². The van der Waals surface area contributed by atoms with Crippen LogP contribution < -0.4 is 0 Å². The summed E-state index contributed by atoms with van der Waals surface area (Å²) >= 11 is 3.59. The maximum Gasteiger partial charge on any atom is 0.0935 e. The highest BCUT2D eigenvalue weighted by molar-refractivity contribution is 9.10. The summed E-state index contributed by atoms with van der Waals surface area (Å²) in [5, 5.41) is 4.60. The largest absolute Gasteiger partial charge is 0.280 e. The Balaban J connectivity index is 2.23. The molecule has 0 aliphatic rings. The molecule has 2 aromatic rings. The van der Waals surface area contributed by atoms with Crippen LogP contribution in [0.15, 0.2) is 29.0 Å². The summed E-state index contributed by atoms with van der Waals surface area (Å²) in [6, 6.07) is 4.46. The van der Waals surface area contributed by atoms with E-state index in [1.54, 1.807) is 0 Å². The summed E-state index contributed by atoms with van der Waals surface area (Å²) in [5.41, 5.74) is 3.44. The van der Waals surface area contributed by atoms with Gasteiger partial charge in [0.15, 0.2) is 0 Å². The zero-order valence-electron chi connectivity index (χ0n) is 13.3. The molecule has 0 aromatic carbocycles. The standard InChI is InChI=1S/C16H23BrN4/c1-11(2)16(14-7-6-8-18-9-14)20(5)10-21-13(4)15(17)12(3)19-21/h6-9,11,16H,10H2,1-5H3/t16-/m1/s1. The van der Waals surface area contributed by atoms with Crippen LogP contribution in [0.4, 0.5) is 0 Å². The molecule has 114 valence electrons. The first-order chi connectivity index (χ1) is 9.91. The SMILES string of the molecule is Cc1nn(CN(C)[C@@H](c2cccnc2)C(C)C)c(C)c1Br. The first kappa shape index (κ1) is 16.2. The predicted octanol–water partition coefficient (Wildman–Crippen LogP) is 3.94. The van der Waals surface area contributed by atoms with Crippen LogP contribution in [0.1, 0.15) is 36.8 Å². The molecule has 0 spiro atoms. The second-order valence-corrected chi connectivity index (χ2v) is 6.65. The van der Waals surface area contributed by atoms with E-state index in [0.717, 1.165) is 22.5 Å². The maximum absolute atomic E-state index is 4.60. The number of halogens is 1. The Bertz CT molecular complexity index is 592. The van der Waals surface area contributed by atoms with Gasteiger partial charge in [-0.3, -0.25) is 14.6 Å². The third kappa shape index (κ3) is 3.52. The van der Waals surface area contributed by atoms with Crippen molar-refractivity contribution in [2.24, 2.45) is 5.92 Å². The minimum atomic E-state index is 0.321. The molecule has 0 aliphatic heterocycles. The molecule has 0 unspecified atom stereocenters. The number of hydrogen-bond acceptors (Lipinski definition) is 3. The molecule has 0 saturated carbocycles. The van der Waals surface area contributed by atoms with E-state index in [4.69, 9.17) is 0 Å². The van der Waals surface area contributed by atoms with Gasteiger partial charge in [-0.1, -0.05) is 19.9 Å². The Morgan fingerprint density at radius 1 is 1.33 bits per heavy atom. The molecule has 21 heavy (non-hydrogen) atoms. The number of aryl methyl sites for hydroxylation is 1. The fraction of sp³-hybridized carbons (Fsp3) is 0.500. The van der Waals surface area contributed by atoms with E-state index in [2.05, 4.69) is 64.8 Å². The minimum Gasteiger partial charge on any atom is -0.280 e. The Morgan fingerprint density at radius 3 is 2.52 bits per heavy atom. The molecule has 0 amide bonds. The van der Waals surface area contributed by atoms with Gasteiger partial charge in [0, 0.05) is 18.4 Å². The average molecular weight is 351 g/mol. The summed E-state index contributed by atoms with van der Waals surface area (Å²) < 4.78 is 3.14. The van der Waals surface area contributed by atoms with Gasteiger partial charge in [0.25, 0.3) is 0 Å².